The zero-order valence-corrected chi connectivity index (χ0v) is 12.0. The molecule has 2 heterocycles. The van der Waals surface area contributed by atoms with E-state index >= 15 is 0 Å². The lowest BCUT2D eigenvalue weighted by Gasteiger charge is -2.18. The Morgan fingerprint density at radius 3 is 2.71 bits per heavy atom. The van der Waals surface area contributed by atoms with Gasteiger partial charge in [-0.05, 0) is 31.5 Å². The molecule has 0 spiro atoms. The van der Waals surface area contributed by atoms with Crippen LogP contribution in [0.1, 0.15) is 24.7 Å². The number of hydrogen-bond donors (Lipinski definition) is 1. The molecule has 1 aliphatic rings. The van der Waals surface area contributed by atoms with E-state index in [1.807, 2.05) is 0 Å². The van der Waals surface area contributed by atoms with Crippen LogP contribution in [0.25, 0.3) is 11.4 Å². The van der Waals surface area contributed by atoms with Gasteiger partial charge in [-0.1, -0.05) is 5.16 Å². The topological polar surface area (TPSA) is 94.1 Å². The van der Waals surface area contributed by atoms with Crippen molar-refractivity contribution in [3.05, 3.63) is 40.3 Å². The van der Waals surface area contributed by atoms with Crippen LogP contribution in [0, 0.1) is 10.1 Å². The zero-order chi connectivity index (χ0) is 13.9. The number of nitro benzene ring substituents is 1. The number of halogens is 1. The summed E-state index contributed by atoms with van der Waals surface area (Å²) in [5, 5.41) is 17.9. The highest BCUT2D eigenvalue weighted by Gasteiger charge is 2.21. The maximum absolute atomic E-state index is 10.6. The van der Waals surface area contributed by atoms with Gasteiger partial charge in [0.05, 0.1) is 10.8 Å². The van der Waals surface area contributed by atoms with Gasteiger partial charge in [0.25, 0.3) is 5.69 Å². The number of rotatable bonds is 3. The second-order valence-corrected chi connectivity index (χ2v) is 4.80. The Kier molecular flexibility index (Phi) is 4.87. The highest BCUT2D eigenvalue weighted by Crippen LogP contribution is 2.25. The van der Waals surface area contributed by atoms with Gasteiger partial charge < -0.3 is 9.84 Å². The quantitative estimate of drug-likeness (QED) is 0.691. The van der Waals surface area contributed by atoms with Gasteiger partial charge in [0.2, 0.25) is 11.7 Å². The second kappa shape index (κ2) is 6.64. The molecule has 1 aliphatic heterocycles. The third kappa shape index (κ3) is 3.37. The van der Waals surface area contributed by atoms with Crippen molar-refractivity contribution in [3.63, 3.8) is 0 Å². The lowest BCUT2D eigenvalue weighted by Crippen LogP contribution is -2.28. The number of aromatic nitrogens is 2. The van der Waals surface area contributed by atoms with Crippen LogP contribution >= 0.6 is 12.4 Å². The number of nitrogens with zero attached hydrogens (tertiary/aromatic N) is 3. The van der Waals surface area contributed by atoms with E-state index in [0.29, 0.717) is 11.7 Å². The summed E-state index contributed by atoms with van der Waals surface area (Å²) in [6.07, 6.45) is 2.13. The Morgan fingerprint density at radius 1 is 1.33 bits per heavy atom. The fourth-order valence-corrected chi connectivity index (χ4v) is 2.31. The Bertz CT molecular complexity index is 608. The van der Waals surface area contributed by atoms with E-state index in [9.17, 15) is 10.1 Å². The van der Waals surface area contributed by atoms with Crippen molar-refractivity contribution < 1.29 is 9.45 Å². The Balaban J connectivity index is 0.00000161. The summed E-state index contributed by atoms with van der Waals surface area (Å²) in [6.45, 7) is 1.88. The van der Waals surface area contributed by atoms with Gasteiger partial charge in [-0.15, -0.1) is 12.4 Å². The van der Waals surface area contributed by atoms with Crippen LogP contribution in [0.2, 0.25) is 0 Å². The van der Waals surface area contributed by atoms with Crippen LogP contribution in [-0.2, 0) is 0 Å². The maximum Gasteiger partial charge on any atom is 0.269 e. The van der Waals surface area contributed by atoms with E-state index in [4.69, 9.17) is 4.52 Å². The van der Waals surface area contributed by atoms with E-state index in [1.165, 1.54) is 12.1 Å². The minimum atomic E-state index is -0.431. The minimum Gasteiger partial charge on any atom is -0.339 e. The molecule has 0 unspecified atom stereocenters. The summed E-state index contributed by atoms with van der Waals surface area (Å²) in [5.41, 5.74) is 0.767. The summed E-state index contributed by atoms with van der Waals surface area (Å²) in [7, 11) is 0. The SMILES string of the molecule is Cl.O=[N+]([O-])c1ccc(-c2noc([C@H]3CCCNC3)n2)cc1. The molecule has 0 aliphatic carbocycles. The molecule has 0 saturated carbocycles. The summed E-state index contributed by atoms with van der Waals surface area (Å²) in [5.74, 6) is 1.36. The first kappa shape index (κ1) is 15.4. The number of benzene rings is 1. The molecule has 8 heteroatoms. The molecule has 1 atom stereocenters. The molecule has 0 radical (unpaired) electrons. The Hall–Kier alpha value is -1.99. The summed E-state index contributed by atoms with van der Waals surface area (Å²) >= 11 is 0. The lowest BCUT2D eigenvalue weighted by atomic mass is 10.00. The molecule has 1 N–H and O–H groups in total. The van der Waals surface area contributed by atoms with Crippen LogP contribution in [0.3, 0.4) is 0 Å². The predicted molar refractivity (Wildman–Crippen MR) is 78.5 cm³/mol. The molecule has 7 nitrogen and oxygen atoms in total. The van der Waals surface area contributed by atoms with Crippen molar-refractivity contribution in [2.24, 2.45) is 0 Å². The normalized spacial score (nSPS) is 18.0. The molecule has 0 amide bonds. The highest BCUT2D eigenvalue weighted by atomic mass is 35.5. The van der Waals surface area contributed by atoms with Crippen LogP contribution in [-0.4, -0.2) is 28.2 Å². The average Bonchev–Trinajstić information content (AvgIpc) is 2.98. The summed E-state index contributed by atoms with van der Waals surface area (Å²) < 4.78 is 5.30. The molecule has 1 aromatic carbocycles. The molecule has 2 aromatic rings. The molecule has 1 aromatic heterocycles. The van der Waals surface area contributed by atoms with Gasteiger partial charge in [-0.25, -0.2) is 0 Å². The Morgan fingerprint density at radius 2 is 2.10 bits per heavy atom. The van der Waals surface area contributed by atoms with Crippen molar-refractivity contribution in [3.8, 4) is 11.4 Å². The molecule has 3 rings (SSSR count). The van der Waals surface area contributed by atoms with Crippen molar-refractivity contribution in [2.45, 2.75) is 18.8 Å². The number of nitrogens with one attached hydrogen (secondary N) is 1. The fourth-order valence-electron chi connectivity index (χ4n) is 2.31. The number of piperidine rings is 1. The van der Waals surface area contributed by atoms with Crippen molar-refractivity contribution in [1.82, 2.24) is 15.5 Å². The number of nitro groups is 1. The first-order valence-corrected chi connectivity index (χ1v) is 6.53. The van der Waals surface area contributed by atoms with Crippen molar-refractivity contribution >= 4 is 18.1 Å². The third-order valence-electron chi connectivity index (χ3n) is 3.42. The number of hydrogen-bond acceptors (Lipinski definition) is 6. The molecule has 112 valence electrons. The molecule has 21 heavy (non-hydrogen) atoms. The van der Waals surface area contributed by atoms with Crippen molar-refractivity contribution in [1.29, 1.82) is 0 Å². The first-order chi connectivity index (χ1) is 9.74. The van der Waals surface area contributed by atoms with Gasteiger partial charge in [0.15, 0.2) is 0 Å². The van der Waals surface area contributed by atoms with Crippen molar-refractivity contribution in [2.75, 3.05) is 13.1 Å². The Labute approximate surface area is 127 Å². The van der Waals surface area contributed by atoms with Crippen LogP contribution in [0.5, 0.6) is 0 Å². The second-order valence-electron chi connectivity index (χ2n) is 4.80. The summed E-state index contributed by atoms with van der Waals surface area (Å²) in [4.78, 5) is 14.6. The van der Waals surface area contributed by atoms with Crippen LogP contribution < -0.4 is 5.32 Å². The third-order valence-corrected chi connectivity index (χ3v) is 3.42. The molecule has 1 fully saturated rings. The average molecular weight is 311 g/mol. The van der Waals surface area contributed by atoms with Gasteiger partial charge >= 0.3 is 0 Å². The van der Waals surface area contributed by atoms with Gasteiger partial charge in [0, 0.05) is 24.2 Å². The molecule has 0 bridgehead atoms. The zero-order valence-electron chi connectivity index (χ0n) is 11.2. The van der Waals surface area contributed by atoms with E-state index in [0.717, 1.165) is 31.5 Å². The van der Waals surface area contributed by atoms with Gasteiger partial charge in [-0.2, -0.15) is 4.98 Å². The van der Waals surface area contributed by atoms with E-state index < -0.39 is 4.92 Å². The van der Waals surface area contributed by atoms with E-state index in [1.54, 1.807) is 12.1 Å². The van der Waals surface area contributed by atoms with Gasteiger partial charge in [0.1, 0.15) is 0 Å². The largest absolute Gasteiger partial charge is 0.339 e. The fraction of sp³-hybridized carbons (Fsp3) is 0.385. The molecular weight excluding hydrogens is 296 g/mol. The van der Waals surface area contributed by atoms with Crippen LogP contribution in [0.4, 0.5) is 5.69 Å². The van der Waals surface area contributed by atoms with E-state index in [-0.39, 0.29) is 24.0 Å². The predicted octanol–water partition coefficient (Wildman–Crippen LogP) is 2.53. The smallest absolute Gasteiger partial charge is 0.269 e. The molecule has 1 saturated heterocycles. The maximum atomic E-state index is 10.6. The monoisotopic (exact) mass is 310 g/mol. The first-order valence-electron chi connectivity index (χ1n) is 6.53. The summed E-state index contributed by atoms with van der Waals surface area (Å²) in [6, 6.07) is 6.14. The van der Waals surface area contributed by atoms with Crippen LogP contribution in [0.15, 0.2) is 28.8 Å². The minimum absolute atomic E-state index is 0. The lowest BCUT2D eigenvalue weighted by molar-refractivity contribution is -0.384. The molecular formula is C13H15ClN4O3. The standard InChI is InChI=1S/C13H14N4O3.ClH/c18-17(19)11-5-3-9(4-6-11)12-15-13(20-16-12)10-2-1-7-14-8-10;/h3-6,10,14H,1-2,7-8H2;1H/t10-;/m0./s1. The number of non-ortho nitro benzene ring substituents is 1. The highest BCUT2D eigenvalue weighted by molar-refractivity contribution is 5.85. The van der Waals surface area contributed by atoms with Gasteiger partial charge in [-0.3, -0.25) is 10.1 Å². The van der Waals surface area contributed by atoms with E-state index in [2.05, 4.69) is 15.5 Å².